The number of carbonyl (C=O) groups is 3. The Morgan fingerprint density at radius 3 is 2.77 bits per heavy atom. The van der Waals surface area contributed by atoms with Crippen molar-refractivity contribution in [3.63, 3.8) is 0 Å². The second-order valence-corrected chi connectivity index (χ2v) is 6.17. The zero-order chi connectivity index (χ0) is 18.5. The van der Waals surface area contributed by atoms with E-state index in [1.807, 2.05) is 30.3 Å². The van der Waals surface area contributed by atoms with Gasteiger partial charge < -0.3 is 14.7 Å². The van der Waals surface area contributed by atoms with Gasteiger partial charge in [0.05, 0.1) is 0 Å². The number of nitrogens with zero attached hydrogens (tertiary/aromatic N) is 3. The van der Waals surface area contributed by atoms with Crippen molar-refractivity contribution in [2.75, 3.05) is 6.54 Å². The molecule has 1 aromatic carbocycles. The number of carbonyl (C=O) groups excluding carboxylic acids is 3. The number of nitrogens with one attached hydrogen (secondary N) is 1. The summed E-state index contributed by atoms with van der Waals surface area (Å²) in [5, 5.41) is 6.22. The average molecular weight is 356 g/mol. The van der Waals surface area contributed by atoms with E-state index in [4.69, 9.17) is 4.52 Å². The molecule has 1 aliphatic heterocycles. The molecule has 1 fully saturated rings. The summed E-state index contributed by atoms with van der Waals surface area (Å²) in [5.74, 6) is -0.478. The van der Waals surface area contributed by atoms with Gasteiger partial charge in [0.25, 0.3) is 5.91 Å². The quantitative estimate of drug-likeness (QED) is 0.736. The van der Waals surface area contributed by atoms with Crippen LogP contribution < -0.4 is 5.32 Å². The third-order valence-corrected chi connectivity index (χ3v) is 4.24. The lowest BCUT2D eigenvalue weighted by molar-refractivity contribution is -0.143. The van der Waals surface area contributed by atoms with E-state index in [0.29, 0.717) is 31.1 Å². The van der Waals surface area contributed by atoms with E-state index in [-0.39, 0.29) is 18.9 Å². The molecule has 8 heteroatoms. The number of ketones is 1. The second kappa shape index (κ2) is 7.90. The van der Waals surface area contributed by atoms with E-state index in [9.17, 15) is 14.4 Å². The van der Waals surface area contributed by atoms with Gasteiger partial charge in [0.15, 0.2) is 5.82 Å². The molecule has 136 valence electrons. The maximum absolute atomic E-state index is 12.5. The first-order valence-corrected chi connectivity index (χ1v) is 8.49. The number of aromatic nitrogens is 2. The summed E-state index contributed by atoms with van der Waals surface area (Å²) in [7, 11) is 0. The summed E-state index contributed by atoms with van der Waals surface area (Å²) in [6.07, 6.45) is 0.982. The number of likely N-dealkylation sites (tertiary alicyclic amines) is 1. The van der Waals surface area contributed by atoms with Crippen molar-refractivity contribution in [1.82, 2.24) is 20.4 Å². The van der Waals surface area contributed by atoms with Gasteiger partial charge >= 0.3 is 0 Å². The van der Waals surface area contributed by atoms with Crippen molar-refractivity contribution < 1.29 is 18.9 Å². The molecule has 0 radical (unpaired) electrons. The third kappa shape index (κ3) is 4.14. The van der Waals surface area contributed by atoms with Crippen LogP contribution in [0.1, 0.15) is 30.1 Å². The molecule has 2 amide bonds. The van der Waals surface area contributed by atoms with Crippen molar-refractivity contribution in [2.24, 2.45) is 0 Å². The number of hydrogen-bond donors (Lipinski definition) is 1. The van der Waals surface area contributed by atoms with Crippen LogP contribution in [-0.4, -0.2) is 45.2 Å². The fourth-order valence-electron chi connectivity index (χ4n) is 2.95. The number of benzene rings is 1. The van der Waals surface area contributed by atoms with Crippen LogP contribution >= 0.6 is 0 Å². The van der Waals surface area contributed by atoms with E-state index in [0.717, 1.165) is 5.56 Å². The molecule has 26 heavy (non-hydrogen) atoms. The fraction of sp³-hybridized carbons (Fsp3) is 0.389. The van der Waals surface area contributed by atoms with Crippen molar-refractivity contribution >= 4 is 17.6 Å². The summed E-state index contributed by atoms with van der Waals surface area (Å²) in [6, 6.07) is 8.70. The van der Waals surface area contributed by atoms with Crippen LogP contribution in [0.3, 0.4) is 0 Å². The highest BCUT2D eigenvalue weighted by Gasteiger charge is 2.38. The van der Waals surface area contributed by atoms with Gasteiger partial charge in [-0.15, -0.1) is 0 Å². The predicted molar refractivity (Wildman–Crippen MR) is 90.8 cm³/mol. The highest BCUT2D eigenvalue weighted by molar-refractivity contribution is 6.38. The molecule has 2 heterocycles. The Balaban J connectivity index is 1.56. The molecular formula is C18H20N4O4. The van der Waals surface area contributed by atoms with Gasteiger partial charge in [-0.05, 0) is 18.9 Å². The Labute approximate surface area is 150 Å². The van der Waals surface area contributed by atoms with Gasteiger partial charge in [0, 0.05) is 25.9 Å². The molecule has 0 bridgehead atoms. The standard InChI is InChI=1S/C18H20N4O4/c1-12-20-15(26-21-12)9-10-19-18(25)17(24)14-7-8-16(23)22(14)11-13-5-3-2-4-6-13/h2-6,14H,7-11H2,1H3,(H,19,25). The van der Waals surface area contributed by atoms with Crippen molar-refractivity contribution in [1.29, 1.82) is 0 Å². The minimum Gasteiger partial charge on any atom is -0.349 e. The van der Waals surface area contributed by atoms with Gasteiger partial charge in [-0.2, -0.15) is 4.98 Å². The molecule has 1 unspecified atom stereocenters. The zero-order valence-corrected chi connectivity index (χ0v) is 14.5. The molecule has 1 atom stereocenters. The van der Waals surface area contributed by atoms with Crippen molar-refractivity contribution in [2.45, 2.75) is 38.8 Å². The zero-order valence-electron chi connectivity index (χ0n) is 14.5. The maximum atomic E-state index is 12.5. The van der Waals surface area contributed by atoms with Gasteiger partial charge in [-0.25, -0.2) is 0 Å². The van der Waals surface area contributed by atoms with Gasteiger partial charge in [0.2, 0.25) is 17.6 Å². The predicted octanol–water partition coefficient (Wildman–Crippen LogP) is 0.797. The van der Waals surface area contributed by atoms with Crippen LogP contribution in [0, 0.1) is 6.92 Å². The fourth-order valence-corrected chi connectivity index (χ4v) is 2.95. The molecule has 3 rings (SSSR count). The third-order valence-electron chi connectivity index (χ3n) is 4.24. The SMILES string of the molecule is Cc1noc(CCNC(=O)C(=O)C2CCC(=O)N2Cc2ccccc2)n1. The molecule has 1 aromatic heterocycles. The van der Waals surface area contributed by atoms with Crippen LogP contribution in [0.15, 0.2) is 34.9 Å². The van der Waals surface area contributed by atoms with Crippen LogP contribution in [0.4, 0.5) is 0 Å². The first-order chi connectivity index (χ1) is 12.5. The molecule has 0 saturated carbocycles. The summed E-state index contributed by atoms with van der Waals surface area (Å²) < 4.78 is 4.95. The summed E-state index contributed by atoms with van der Waals surface area (Å²) in [5.41, 5.74) is 0.924. The monoisotopic (exact) mass is 356 g/mol. The molecule has 0 spiro atoms. The summed E-state index contributed by atoms with van der Waals surface area (Å²) in [4.78, 5) is 42.3. The number of aryl methyl sites for hydroxylation is 1. The smallest absolute Gasteiger partial charge is 0.289 e. The van der Waals surface area contributed by atoms with Crippen LogP contribution in [0.25, 0.3) is 0 Å². The van der Waals surface area contributed by atoms with Gasteiger partial charge in [0.1, 0.15) is 6.04 Å². The van der Waals surface area contributed by atoms with E-state index in [1.54, 1.807) is 6.92 Å². The van der Waals surface area contributed by atoms with E-state index < -0.39 is 17.7 Å². The first-order valence-electron chi connectivity index (χ1n) is 8.49. The molecule has 8 nitrogen and oxygen atoms in total. The Kier molecular flexibility index (Phi) is 5.40. The maximum Gasteiger partial charge on any atom is 0.289 e. The lowest BCUT2D eigenvalue weighted by atomic mass is 10.1. The molecular weight excluding hydrogens is 336 g/mol. The van der Waals surface area contributed by atoms with Gasteiger partial charge in [-0.3, -0.25) is 14.4 Å². The minimum absolute atomic E-state index is 0.110. The van der Waals surface area contributed by atoms with Gasteiger partial charge in [-0.1, -0.05) is 35.5 Å². The molecule has 1 N–H and O–H groups in total. The Hall–Kier alpha value is -3.03. The average Bonchev–Trinajstić information content (AvgIpc) is 3.21. The number of rotatable bonds is 7. The van der Waals surface area contributed by atoms with E-state index >= 15 is 0 Å². The highest BCUT2D eigenvalue weighted by Crippen LogP contribution is 2.22. The van der Waals surface area contributed by atoms with E-state index in [2.05, 4.69) is 15.5 Å². The molecule has 2 aromatic rings. The van der Waals surface area contributed by atoms with Crippen molar-refractivity contribution in [3.8, 4) is 0 Å². The van der Waals surface area contributed by atoms with E-state index in [1.165, 1.54) is 4.90 Å². The summed E-state index contributed by atoms with van der Waals surface area (Å²) in [6.45, 7) is 2.24. The molecule has 1 saturated heterocycles. The number of amides is 2. The Morgan fingerprint density at radius 2 is 2.08 bits per heavy atom. The Bertz CT molecular complexity index is 803. The minimum atomic E-state index is -0.714. The Morgan fingerprint density at radius 1 is 1.31 bits per heavy atom. The van der Waals surface area contributed by atoms with Crippen LogP contribution in [0.5, 0.6) is 0 Å². The lowest BCUT2D eigenvalue weighted by Crippen LogP contribution is -2.45. The van der Waals surface area contributed by atoms with Crippen LogP contribution in [0.2, 0.25) is 0 Å². The number of Topliss-reactive ketones (excluding diaryl/α,β-unsaturated/α-hetero) is 1. The second-order valence-electron chi connectivity index (χ2n) is 6.17. The normalized spacial score (nSPS) is 16.7. The topological polar surface area (TPSA) is 105 Å². The molecule has 1 aliphatic rings. The number of hydrogen-bond acceptors (Lipinski definition) is 6. The van der Waals surface area contributed by atoms with Crippen molar-refractivity contribution in [3.05, 3.63) is 47.6 Å². The first kappa shape index (κ1) is 17.8. The van der Waals surface area contributed by atoms with Crippen LogP contribution in [-0.2, 0) is 27.3 Å². The highest BCUT2D eigenvalue weighted by atomic mass is 16.5. The summed E-state index contributed by atoms with van der Waals surface area (Å²) >= 11 is 0. The molecule has 0 aliphatic carbocycles. The largest absolute Gasteiger partial charge is 0.349 e. The lowest BCUT2D eigenvalue weighted by Gasteiger charge is -2.23.